The van der Waals surface area contributed by atoms with Crippen molar-refractivity contribution < 1.29 is 4.74 Å². The van der Waals surface area contributed by atoms with Gasteiger partial charge in [0.05, 0.1) is 12.8 Å². The topological polar surface area (TPSA) is 48.1 Å². The first kappa shape index (κ1) is 12.7. The normalized spacial score (nSPS) is 10.4. The quantitative estimate of drug-likeness (QED) is 0.737. The number of nitrogens with two attached hydrogens (primary N) is 1. The molecule has 4 heteroatoms. The van der Waals surface area contributed by atoms with Gasteiger partial charge < -0.3 is 10.5 Å². The van der Waals surface area contributed by atoms with Crippen molar-refractivity contribution in [2.24, 2.45) is 0 Å². The molecule has 1 heterocycles. The third kappa shape index (κ3) is 2.38. The number of hydrogen-bond acceptors (Lipinski definition) is 4. The molecule has 0 saturated heterocycles. The van der Waals surface area contributed by atoms with E-state index in [0.29, 0.717) is 0 Å². The molecule has 0 saturated carbocycles. The van der Waals surface area contributed by atoms with E-state index in [-0.39, 0.29) is 0 Å². The van der Waals surface area contributed by atoms with Crippen LogP contribution in [0.4, 0.5) is 5.69 Å². The molecule has 0 radical (unpaired) electrons. The van der Waals surface area contributed by atoms with E-state index in [1.54, 1.807) is 18.4 Å². The Morgan fingerprint density at radius 3 is 2.75 bits per heavy atom. The fourth-order valence-electron chi connectivity index (χ4n) is 2.06. The Morgan fingerprint density at radius 2 is 1.95 bits per heavy atom. The average molecular weight is 282 g/mol. The molecule has 0 unspecified atom stereocenters. The third-order valence-electron chi connectivity index (χ3n) is 3.02. The first-order chi connectivity index (χ1) is 9.78. The molecule has 0 amide bonds. The van der Waals surface area contributed by atoms with E-state index >= 15 is 0 Å². The molecule has 3 rings (SSSR count). The summed E-state index contributed by atoms with van der Waals surface area (Å²) in [5.74, 6) is 0.830. The number of ether oxygens (including phenoxy) is 1. The number of para-hydroxylation sites is 1. The number of nitrogen functional groups attached to an aromatic ring is 1. The highest BCUT2D eigenvalue weighted by Crippen LogP contribution is 2.33. The van der Waals surface area contributed by atoms with Gasteiger partial charge in [-0.2, -0.15) is 0 Å². The summed E-state index contributed by atoms with van der Waals surface area (Å²) in [7, 11) is 1.67. The van der Waals surface area contributed by atoms with E-state index in [1.165, 1.54) is 0 Å². The number of rotatable bonds is 3. The molecule has 2 aromatic carbocycles. The van der Waals surface area contributed by atoms with Gasteiger partial charge in [-0.15, -0.1) is 11.3 Å². The van der Waals surface area contributed by atoms with E-state index in [1.807, 2.05) is 53.9 Å². The van der Waals surface area contributed by atoms with Gasteiger partial charge in [-0.3, -0.25) is 0 Å². The van der Waals surface area contributed by atoms with Crippen LogP contribution in [0.15, 0.2) is 53.9 Å². The molecule has 0 atom stereocenters. The van der Waals surface area contributed by atoms with Crippen molar-refractivity contribution in [1.82, 2.24) is 4.98 Å². The fraction of sp³-hybridized carbons (Fsp3) is 0.0625. The van der Waals surface area contributed by atoms with E-state index in [4.69, 9.17) is 10.5 Å². The van der Waals surface area contributed by atoms with Crippen molar-refractivity contribution in [1.29, 1.82) is 0 Å². The molecular weight excluding hydrogens is 268 g/mol. The molecule has 0 bridgehead atoms. The molecule has 20 heavy (non-hydrogen) atoms. The van der Waals surface area contributed by atoms with Gasteiger partial charge in [0.15, 0.2) is 0 Å². The highest BCUT2D eigenvalue weighted by atomic mass is 32.1. The number of hydrogen-bond donors (Lipinski definition) is 1. The lowest BCUT2D eigenvalue weighted by molar-refractivity contribution is 0.416. The summed E-state index contributed by atoms with van der Waals surface area (Å²) in [6.07, 6.45) is 0. The largest absolute Gasteiger partial charge is 0.496 e. The van der Waals surface area contributed by atoms with Gasteiger partial charge in [-0.05, 0) is 24.3 Å². The van der Waals surface area contributed by atoms with Crippen molar-refractivity contribution in [2.45, 2.75) is 0 Å². The van der Waals surface area contributed by atoms with Crippen LogP contribution < -0.4 is 10.5 Å². The van der Waals surface area contributed by atoms with Crippen molar-refractivity contribution in [3.05, 3.63) is 53.9 Å². The second-order valence-electron chi connectivity index (χ2n) is 4.36. The van der Waals surface area contributed by atoms with Crippen LogP contribution in [0.1, 0.15) is 0 Å². The molecule has 0 aliphatic carbocycles. The zero-order valence-electron chi connectivity index (χ0n) is 11.0. The minimum absolute atomic E-state index is 0.747. The van der Waals surface area contributed by atoms with Crippen LogP contribution in [0.25, 0.3) is 21.8 Å². The predicted octanol–water partition coefficient (Wildman–Crippen LogP) is 4.07. The maximum absolute atomic E-state index is 5.82. The summed E-state index contributed by atoms with van der Waals surface area (Å²) < 4.78 is 5.38. The summed E-state index contributed by atoms with van der Waals surface area (Å²) in [5.41, 5.74) is 9.52. The first-order valence-electron chi connectivity index (χ1n) is 6.23. The van der Waals surface area contributed by atoms with Crippen molar-refractivity contribution in [3.63, 3.8) is 0 Å². The van der Waals surface area contributed by atoms with E-state index in [2.05, 4.69) is 4.98 Å². The number of thiazole rings is 1. The van der Waals surface area contributed by atoms with Crippen molar-refractivity contribution in [2.75, 3.05) is 12.8 Å². The Morgan fingerprint density at radius 1 is 1.10 bits per heavy atom. The van der Waals surface area contributed by atoms with Crippen LogP contribution in [-0.2, 0) is 0 Å². The number of methoxy groups -OCH3 is 1. The third-order valence-corrected chi connectivity index (χ3v) is 3.91. The molecule has 0 aliphatic rings. The number of nitrogens with zero attached hydrogens (tertiary/aromatic N) is 1. The molecule has 0 aliphatic heterocycles. The van der Waals surface area contributed by atoms with Crippen LogP contribution in [0, 0.1) is 0 Å². The summed E-state index contributed by atoms with van der Waals surface area (Å²) >= 11 is 1.60. The van der Waals surface area contributed by atoms with Crippen LogP contribution >= 0.6 is 11.3 Å². The number of aromatic nitrogens is 1. The molecule has 0 spiro atoms. The highest BCUT2D eigenvalue weighted by molar-refractivity contribution is 7.13. The standard InChI is InChI=1S/C16H14N2OS/c1-19-15-8-3-2-7-13(15)14-10-20-16(18-14)11-5-4-6-12(17)9-11/h2-10H,17H2,1H3. The van der Waals surface area contributed by atoms with E-state index < -0.39 is 0 Å². The predicted molar refractivity (Wildman–Crippen MR) is 84.0 cm³/mol. The number of anilines is 1. The second-order valence-corrected chi connectivity index (χ2v) is 5.22. The summed E-state index contributed by atoms with van der Waals surface area (Å²) in [6.45, 7) is 0. The Hall–Kier alpha value is -2.33. The average Bonchev–Trinajstić information content (AvgIpc) is 2.97. The van der Waals surface area contributed by atoms with Crippen LogP contribution in [0.3, 0.4) is 0 Å². The first-order valence-corrected chi connectivity index (χ1v) is 7.11. The van der Waals surface area contributed by atoms with Gasteiger partial charge in [0.1, 0.15) is 10.8 Å². The Kier molecular flexibility index (Phi) is 3.39. The SMILES string of the molecule is COc1ccccc1-c1csc(-c2cccc(N)c2)n1. The molecular formula is C16H14N2OS. The van der Waals surface area contributed by atoms with Gasteiger partial charge in [0.25, 0.3) is 0 Å². The van der Waals surface area contributed by atoms with E-state index in [0.717, 1.165) is 33.3 Å². The summed E-state index contributed by atoms with van der Waals surface area (Å²) in [5, 5.41) is 2.99. The minimum atomic E-state index is 0.747. The Bertz CT molecular complexity index is 737. The second kappa shape index (κ2) is 5.35. The lowest BCUT2D eigenvalue weighted by Crippen LogP contribution is -1.88. The molecule has 0 fully saturated rings. The fourth-order valence-corrected chi connectivity index (χ4v) is 2.88. The molecule has 3 nitrogen and oxygen atoms in total. The molecule has 3 aromatic rings. The maximum atomic E-state index is 5.82. The number of benzene rings is 2. The summed E-state index contributed by atoms with van der Waals surface area (Å²) in [6, 6.07) is 15.6. The van der Waals surface area contributed by atoms with Gasteiger partial charge in [-0.25, -0.2) is 4.98 Å². The van der Waals surface area contributed by atoms with Crippen molar-refractivity contribution in [3.8, 4) is 27.6 Å². The van der Waals surface area contributed by atoms with Crippen LogP contribution in [-0.4, -0.2) is 12.1 Å². The lowest BCUT2D eigenvalue weighted by Gasteiger charge is -2.05. The van der Waals surface area contributed by atoms with Crippen LogP contribution in [0.2, 0.25) is 0 Å². The van der Waals surface area contributed by atoms with Gasteiger partial charge >= 0.3 is 0 Å². The molecule has 100 valence electrons. The van der Waals surface area contributed by atoms with Gasteiger partial charge in [0, 0.05) is 22.2 Å². The lowest BCUT2D eigenvalue weighted by atomic mass is 10.1. The Labute approximate surface area is 121 Å². The Balaban J connectivity index is 2.02. The van der Waals surface area contributed by atoms with Gasteiger partial charge in [-0.1, -0.05) is 24.3 Å². The monoisotopic (exact) mass is 282 g/mol. The zero-order chi connectivity index (χ0) is 13.9. The molecule has 2 N–H and O–H groups in total. The van der Waals surface area contributed by atoms with E-state index in [9.17, 15) is 0 Å². The molecule has 1 aromatic heterocycles. The minimum Gasteiger partial charge on any atom is -0.496 e. The highest BCUT2D eigenvalue weighted by Gasteiger charge is 2.10. The summed E-state index contributed by atoms with van der Waals surface area (Å²) in [4.78, 5) is 4.68. The van der Waals surface area contributed by atoms with Crippen LogP contribution in [0.5, 0.6) is 5.75 Å². The smallest absolute Gasteiger partial charge is 0.128 e. The van der Waals surface area contributed by atoms with Gasteiger partial charge in [0.2, 0.25) is 0 Å². The zero-order valence-corrected chi connectivity index (χ0v) is 11.9. The van der Waals surface area contributed by atoms with Crippen molar-refractivity contribution >= 4 is 17.0 Å². The maximum Gasteiger partial charge on any atom is 0.128 e.